The molecule has 0 aliphatic carbocycles. The van der Waals surface area contributed by atoms with E-state index in [4.69, 9.17) is 16.2 Å². The normalized spacial score (nSPS) is 15.9. The Kier molecular flexibility index (Phi) is 6.36. The molecule has 0 radical (unpaired) electrons. The van der Waals surface area contributed by atoms with Gasteiger partial charge in [-0.2, -0.15) is 0 Å². The van der Waals surface area contributed by atoms with E-state index in [1.54, 1.807) is 12.3 Å². The first-order valence-corrected chi connectivity index (χ1v) is 10.4. The number of nitrogens with one attached hydrogen (secondary N) is 1. The highest BCUT2D eigenvalue weighted by Gasteiger charge is 2.23. The van der Waals surface area contributed by atoms with Crippen LogP contribution in [-0.4, -0.2) is 42.1 Å². The number of nitrogen functional groups attached to an aromatic ring is 1. The number of pyridine rings is 2. The highest BCUT2D eigenvalue weighted by molar-refractivity contribution is 6.08. The number of anilines is 3. The fourth-order valence-electron chi connectivity index (χ4n) is 3.89. The number of piperidine rings is 1. The van der Waals surface area contributed by atoms with Crippen LogP contribution in [0.1, 0.15) is 23.3 Å². The first-order valence-electron chi connectivity index (χ1n) is 10.4. The summed E-state index contributed by atoms with van der Waals surface area (Å²) >= 11 is 0. The predicted octanol–water partition coefficient (Wildman–Crippen LogP) is 3.19. The van der Waals surface area contributed by atoms with Crippen LogP contribution in [0.4, 0.5) is 25.8 Å². The number of ether oxygens (including phenoxy) is 1. The van der Waals surface area contributed by atoms with Crippen LogP contribution in [0.5, 0.6) is 5.75 Å². The number of carbonyl (C=O) groups is 1. The molecule has 3 heterocycles. The third-order valence-electron chi connectivity index (χ3n) is 5.52. The summed E-state index contributed by atoms with van der Waals surface area (Å²) in [6, 6.07) is 6.80. The monoisotopic (exact) mass is 454 g/mol. The van der Waals surface area contributed by atoms with Crippen LogP contribution in [0.3, 0.4) is 0 Å². The van der Waals surface area contributed by atoms with Crippen molar-refractivity contribution in [3.05, 3.63) is 60.1 Å². The Morgan fingerprint density at radius 3 is 2.82 bits per heavy atom. The van der Waals surface area contributed by atoms with Crippen molar-refractivity contribution in [2.75, 3.05) is 36.1 Å². The van der Waals surface area contributed by atoms with Crippen molar-refractivity contribution < 1.29 is 18.3 Å². The molecule has 1 aliphatic heterocycles. The molecule has 1 saturated heterocycles. The summed E-state index contributed by atoms with van der Waals surface area (Å²) in [7, 11) is 1.27. The Morgan fingerprint density at radius 1 is 1.24 bits per heavy atom. The lowest BCUT2D eigenvalue weighted by atomic mass is 10.1. The van der Waals surface area contributed by atoms with Crippen LogP contribution in [0.15, 0.2) is 42.7 Å². The van der Waals surface area contributed by atoms with Gasteiger partial charge in [0.15, 0.2) is 17.3 Å². The number of benzene rings is 1. The fraction of sp³-hybridized carbons (Fsp3) is 0.261. The summed E-state index contributed by atoms with van der Waals surface area (Å²) in [6.45, 7) is 1.45. The summed E-state index contributed by atoms with van der Waals surface area (Å²) in [6.07, 6.45) is 5.03. The molecule has 10 heteroatoms. The molecule has 1 amide bonds. The van der Waals surface area contributed by atoms with Crippen molar-refractivity contribution >= 4 is 23.0 Å². The largest absolute Gasteiger partial charge is 0.494 e. The van der Waals surface area contributed by atoms with Crippen molar-refractivity contribution in [2.45, 2.75) is 18.9 Å². The minimum atomic E-state index is -0.919. The SMILES string of the molecule is COc1ccc(F)c(-c2ccc(N)c(C(=O)Nc3cnccc3N3CCC[C@H](N)C3)n2)c1F. The van der Waals surface area contributed by atoms with Gasteiger partial charge in [-0.15, -0.1) is 0 Å². The summed E-state index contributed by atoms with van der Waals surface area (Å²) in [5.74, 6) is -2.53. The highest BCUT2D eigenvalue weighted by atomic mass is 19.1. The molecule has 1 atom stereocenters. The molecule has 5 N–H and O–H groups in total. The number of amides is 1. The second kappa shape index (κ2) is 9.37. The zero-order valence-electron chi connectivity index (χ0n) is 18.0. The minimum absolute atomic E-state index is 0.0390. The van der Waals surface area contributed by atoms with Crippen LogP contribution in [0.25, 0.3) is 11.3 Å². The molecule has 1 aromatic carbocycles. The third kappa shape index (κ3) is 4.56. The van der Waals surface area contributed by atoms with Gasteiger partial charge >= 0.3 is 0 Å². The summed E-state index contributed by atoms with van der Waals surface area (Å²) in [4.78, 5) is 23.4. The number of hydrogen-bond donors (Lipinski definition) is 3. The second-order valence-corrected chi connectivity index (χ2v) is 7.77. The van der Waals surface area contributed by atoms with Gasteiger partial charge < -0.3 is 26.4 Å². The Bertz CT molecular complexity index is 1190. The van der Waals surface area contributed by atoms with E-state index in [-0.39, 0.29) is 28.9 Å². The molecule has 1 fully saturated rings. The first-order chi connectivity index (χ1) is 15.9. The van der Waals surface area contributed by atoms with Gasteiger partial charge in [-0.25, -0.2) is 13.8 Å². The Labute approximate surface area is 189 Å². The summed E-state index contributed by atoms with van der Waals surface area (Å²) in [5, 5.41) is 2.77. The molecule has 4 rings (SSSR count). The molecule has 1 aliphatic rings. The van der Waals surface area contributed by atoms with Crippen molar-refractivity contribution in [1.29, 1.82) is 0 Å². The van der Waals surface area contributed by atoms with E-state index < -0.39 is 23.1 Å². The molecular formula is C23H24F2N6O2. The van der Waals surface area contributed by atoms with Crippen molar-refractivity contribution in [3.63, 3.8) is 0 Å². The number of hydrogen-bond acceptors (Lipinski definition) is 7. The Balaban J connectivity index is 1.66. The van der Waals surface area contributed by atoms with Gasteiger partial charge in [-0.1, -0.05) is 0 Å². The highest BCUT2D eigenvalue weighted by Crippen LogP contribution is 2.32. The average molecular weight is 454 g/mol. The maximum absolute atomic E-state index is 14.7. The van der Waals surface area contributed by atoms with Crippen LogP contribution >= 0.6 is 0 Å². The van der Waals surface area contributed by atoms with E-state index in [1.807, 2.05) is 0 Å². The summed E-state index contributed by atoms with van der Waals surface area (Å²) < 4.78 is 34.1. The number of methoxy groups -OCH3 is 1. The van der Waals surface area contributed by atoms with E-state index in [9.17, 15) is 13.6 Å². The number of carbonyl (C=O) groups excluding carboxylic acids is 1. The third-order valence-corrected chi connectivity index (χ3v) is 5.52. The average Bonchev–Trinajstić information content (AvgIpc) is 2.80. The second-order valence-electron chi connectivity index (χ2n) is 7.77. The van der Waals surface area contributed by atoms with Gasteiger partial charge in [0.2, 0.25) is 0 Å². The lowest BCUT2D eigenvalue weighted by Crippen LogP contribution is -2.43. The van der Waals surface area contributed by atoms with Crippen molar-refractivity contribution in [2.24, 2.45) is 5.73 Å². The smallest absolute Gasteiger partial charge is 0.276 e. The molecule has 0 bridgehead atoms. The van der Waals surface area contributed by atoms with Gasteiger partial charge in [0.25, 0.3) is 5.91 Å². The van der Waals surface area contributed by atoms with Gasteiger partial charge in [-0.05, 0) is 43.2 Å². The summed E-state index contributed by atoms with van der Waals surface area (Å²) in [5.41, 5.74) is 12.7. The van der Waals surface area contributed by atoms with E-state index in [1.165, 1.54) is 31.5 Å². The molecular weight excluding hydrogens is 430 g/mol. The van der Waals surface area contributed by atoms with E-state index >= 15 is 0 Å². The fourth-order valence-corrected chi connectivity index (χ4v) is 3.89. The number of nitrogens with zero attached hydrogens (tertiary/aromatic N) is 3. The maximum atomic E-state index is 14.7. The zero-order chi connectivity index (χ0) is 23.5. The molecule has 2 aromatic heterocycles. The van der Waals surface area contributed by atoms with E-state index in [2.05, 4.69) is 20.2 Å². The van der Waals surface area contributed by atoms with Crippen LogP contribution in [0, 0.1) is 11.6 Å². The number of rotatable bonds is 5. The van der Waals surface area contributed by atoms with Gasteiger partial charge in [0.05, 0.1) is 41.6 Å². The van der Waals surface area contributed by atoms with Crippen LogP contribution in [-0.2, 0) is 0 Å². The standard InChI is InChI=1S/C23H24F2N6O2/c1-33-19-7-4-14(24)20(21(19)25)16-6-5-15(27)22(29-16)23(32)30-17-11-28-9-8-18(17)31-10-2-3-13(26)12-31/h4-9,11,13H,2-3,10,12,26-27H2,1H3,(H,30,32)/t13-/m0/s1. The van der Waals surface area contributed by atoms with Gasteiger partial charge in [0.1, 0.15) is 5.82 Å². The van der Waals surface area contributed by atoms with Crippen LogP contribution in [0.2, 0.25) is 0 Å². The van der Waals surface area contributed by atoms with E-state index in [0.717, 1.165) is 31.1 Å². The van der Waals surface area contributed by atoms with Gasteiger partial charge in [-0.3, -0.25) is 9.78 Å². The number of nitrogens with two attached hydrogens (primary N) is 2. The molecule has 8 nitrogen and oxygen atoms in total. The Hall–Kier alpha value is -3.79. The predicted molar refractivity (Wildman–Crippen MR) is 122 cm³/mol. The number of halogens is 2. The topological polar surface area (TPSA) is 119 Å². The van der Waals surface area contributed by atoms with Crippen molar-refractivity contribution in [3.8, 4) is 17.0 Å². The minimum Gasteiger partial charge on any atom is -0.494 e. The molecule has 0 unspecified atom stereocenters. The maximum Gasteiger partial charge on any atom is 0.276 e. The molecule has 33 heavy (non-hydrogen) atoms. The molecule has 172 valence electrons. The molecule has 3 aromatic rings. The quantitative estimate of drug-likeness (QED) is 0.542. The lowest BCUT2D eigenvalue weighted by Gasteiger charge is -2.33. The first kappa shape index (κ1) is 22.4. The zero-order valence-corrected chi connectivity index (χ0v) is 18.0. The molecule has 0 spiro atoms. The Morgan fingerprint density at radius 2 is 2.06 bits per heavy atom. The van der Waals surface area contributed by atoms with Crippen molar-refractivity contribution in [1.82, 2.24) is 9.97 Å². The van der Waals surface area contributed by atoms with Gasteiger partial charge in [0, 0.05) is 25.3 Å². The number of aromatic nitrogens is 2. The van der Waals surface area contributed by atoms with Crippen LogP contribution < -0.4 is 26.4 Å². The lowest BCUT2D eigenvalue weighted by molar-refractivity contribution is 0.102. The van der Waals surface area contributed by atoms with E-state index in [0.29, 0.717) is 12.2 Å². The molecule has 0 saturated carbocycles.